The van der Waals surface area contributed by atoms with Gasteiger partial charge in [0, 0.05) is 17.8 Å². The van der Waals surface area contributed by atoms with E-state index in [2.05, 4.69) is 23.5 Å². The number of nitrogens with one attached hydrogen (secondary N) is 1. The molecule has 4 fully saturated rings. The van der Waals surface area contributed by atoms with Gasteiger partial charge in [0.25, 0.3) is 0 Å². The number of para-hydroxylation sites is 1. The van der Waals surface area contributed by atoms with Crippen molar-refractivity contribution in [2.75, 3.05) is 12.4 Å². The number of methoxy groups -OCH3 is 1. The van der Waals surface area contributed by atoms with Crippen molar-refractivity contribution in [1.29, 1.82) is 0 Å². The largest absolute Gasteiger partial charge is 0.496 e. The van der Waals surface area contributed by atoms with Gasteiger partial charge >= 0.3 is 5.97 Å². The fraction of sp³-hybridized carbons (Fsp3) is 0.406. The van der Waals surface area contributed by atoms with E-state index in [0.29, 0.717) is 12.1 Å². The van der Waals surface area contributed by atoms with Gasteiger partial charge < -0.3 is 14.8 Å². The fourth-order valence-corrected chi connectivity index (χ4v) is 7.53. The lowest BCUT2D eigenvalue weighted by atomic mass is 9.48. The molecule has 0 saturated heterocycles. The van der Waals surface area contributed by atoms with Crippen LogP contribution in [0.3, 0.4) is 0 Å². The van der Waals surface area contributed by atoms with Crippen LogP contribution >= 0.6 is 0 Å². The maximum Gasteiger partial charge on any atom is 0.340 e. The zero-order chi connectivity index (χ0) is 24.5. The molecule has 4 heteroatoms. The highest BCUT2D eigenvalue weighted by molar-refractivity contribution is 5.95. The minimum Gasteiger partial charge on any atom is -0.496 e. The van der Waals surface area contributed by atoms with E-state index in [-0.39, 0.29) is 18.0 Å². The Morgan fingerprint density at radius 1 is 0.861 bits per heavy atom. The monoisotopic (exact) mass is 481 g/mol. The molecule has 3 aromatic rings. The van der Waals surface area contributed by atoms with E-state index < -0.39 is 0 Å². The van der Waals surface area contributed by atoms with E-state index in [0.717, 1.165) is 34.8 Å². The highest BCUT2D eigenvalue weighted by Crippen LogP contribution is 2.61. The zero-order valence-electron chi connectivity index (χ0n) is 21.0. The number of rotatable bonds is 8. The summed E-state index contributed by atoms with van der Waals surface area (Å²) in [5.74, 6) is 3.38. The van der Waals surface area contributed by atoms with Crippen molar-refractivity contribution in [1.82, 2.24) is 0 Å². The summed E-state index contributed by atoms with van der Waals surface area (Å²) in [4.78, 5) is 12.9. The first kappa shape index (κ1) is 23.1. The Morgan fingerprint density at radius 2 is 1.53 bits per heavy atom. The van der Waals surface area contributed by atoms with Gasteiger partial charge in [-0.1, -0.05) is 48.5 Å². The minimum absolute atomic E-state index is 0.265. The van der Waals surface area contributed by atoms with Crippen molar-refractivity contribution in [3.8, 4) is 5.75 Å². The second kappa shape index (κ2) is 9.65. The maximum atomic E-state index is 12.9. The quantitative estimate of drug-likeness (QED) is 0.348. The molecule has 186 valence electrons. The Bertz CT molecular complexity index is 1200. The van der Waals surface area contributed by atoms with Crippen molar-refractivity contribution in [3.05, 3.63) is 95.1 Å². The van der Waals surface area contributed by atoms with Crippen molar-refractivity contribution in [3.63, 3.8) is 0 Å². The van der Waals surface area contributed by atoms with Crippen LogP contribution in [-0.4, -0.2) is 13.1 Å². The van der Waals surface area contributed by atoms with Gasteiger partial charge in [-0.2, -0.15) is 0 Å². The molecular formula is C32H35NO3. The van der Waals surface area contributed by atoms with Crippen LogP contribution in [0.4, 0.5) is 5.69 Å². The molecule has 7 rings (SSSR count). The summed E-state index contributed by atoms with van der Waals surface area (Å²) in [7, 11) is 1.80. The molecule has 4 aliphatic carbocycles. The molecule has 4 bridgehead atoms. The Kier molecular flexibility index (Phi) is 6.20. The summed E-state index contributed by atoms with van der Waals surface area (Å²) in [6, 6.07) is 24.0. The van der Waals surface area contributed by atoms with Crippen LogP contribution in [0.5, 0.6) is 5.75 Å². The van der Waals surface area contributed by atoms with Crippen LogP contribution in [0.1, 0.15) is 65.6 Å². The van der Waals surface area contributed by atoms with Crippen LogP contribution in [0.15, 0.2) is 72.8 Å². The molecule has 4 nitrogen and oxygen atoms in total. The average Bonchev–Trinajstić information content (AvgIpc) is 2.90. The fourth-order valence-electron chi connectivity index (χ4n) is 7.53. The molecule has 0 atom stereocenters. The second-order valence-corrected chi connectivity index (χ2v) is 11.2. The van der Waals surface area contributed by atoms with Crippen molar-refractivity contribution in [2.45, 2.75) is 57.1 Å². The van der Waals surface area contributed by atoms with Gasteiger partial charge in [0.15, 0.2) is 0 Å². The predicted molar refractivity (Wildman–Crippen MR) is 142 cm³/mol. The number of anilines is 1. The first-order valence-corrected chi connectivity index (χ1v) is 13.3. The maximum absolute atomic E-state index is 12.9. The number of esters is 1. The van der Waals surface area contributed by atoms with Crippen LogP contribution in [0.2, 0.25) is 0 Å². The van der Waals surface area contributed by atoms with Crippen LogP contribution < -0.4 is 10.1 Å². The van der Waals surface area contributed by atoms with Gasteiger partial charge in [0.1, 0.15) is 12.4 Å². The van der Waals surface area contributed by atoms with Crippen molar-refractivity contribution < 1.29 is 14.3 Å². The third-order valence-electron chi connectivity index (χ3n) is 8.72. The molecule has 4 saturated carbocycles. The van der Waals surface area contributed by atoms with Crippen molar-refractivity contribution >= 4 is 11.7 Å². The third kappa shape index (κ3) is 4.50. The molecule has 36 heavy (non-hydrogen) atoms. The van der Waals surface area contributed by atoms with Gasteiger partial charge in [-0.15, -0.1) is 0 Å². The zero-order valence-corrected chi connectivity index (χ0v) is 21.0. The summed E-state index contributed by atoms with van der Waals surface area (Å²) in [5, 5.41) is 3.51. The molecule has 0 radical (unpaired) electrons. The van der Waals surface area contributed by atoms with E-state index in [9.17, 15) is 4.79 Å². The van der Waals surface area contributed by atoms with E-state index in [4.69, 9.17) is 9.47 Å². The number of hydrogen-bond donors (Lipinski definition) is 1. The van der Waals surface area contributed by atoms with E-state index in [1.54, 1.807) is 7.11 Å². The molecule has 0 aromatic heterocycles. The summed E-state index contributed by atoms with van der Waals surface area (Å²) in [6.45, 7) is 0.910. The number of carbonyl (C=O) groups excluding carboxylic acids is 1. The number of benzene rings is 3. The van der Waals surface area contributed by atoms with E-state index >= 15 is 0 Å². The van der Waals surface area contributed by atoms with E-state index in [1.807, 2.05) is 54.6 Å². The van der Waals surface area contributed by atoms with Crippen LogP contribution in [0, 0.1) is 17.8 Å². The Labute approximate surface area is 214 Å². The van der Waals surface area contributed by atoms with Gasteiger partial charge in [0.05, 0.1) is 12.7 Å². The first-order valence-electron chi connectivity index (χ1n) is 13.3. The topological polar surface area (TPSA) is 47.6 Å². The molecule has 0 spiro atoms. The number of hydrogen-bond acceptors (Lipinski definition) is 4. The van der Waals surface area contributed by atoms with Crippen molar-refractivity contribution in [2.24, 2.45) is 17.8 Å². The second-order valence-electron chi connectivity index (χ2n) is 11.2. The van der Waals surface area contributed by atoms with Crippen LogP contribution in [0.25, 0.3) is 0 Å². The molecule has 4 aliphatic rings. The molecule has 0 aliphatic heterocycles. The molecule has 0 amide bonds. The average molecular weight is 482 g/mol. The van der Waals surface area contributed by atoms with Gasteiger partial charge in [-0.05, 0) is 97.1 Å². The lowest BCUT2D eigenvalue weighted by Crippen LogP contribution is -2.48. The van der Waals surface area contributed by atoms with Crippen LogP contribution in [-0.2, 0) is 23.3 Å². The Balaban J connectivity index is 1.19. The summed E-state index contributed by atoms with van der Waals surface area (Å²) in [6.07, 6.45) is 8.22. The summed E-state index contributed by atoms with van der Waals surface area (Å²) >= 11 is 0. The van der Waals surface area contributed by atoms with Gasteiger partial charge in [-0.3, -0.25) is 0 Å². The predicted octanol–water partition coefficient (Wildman–Crippen LogP) is 7.13. The van der Waals surface area contributed by atoms with E-state index in [1.165, 1.54) is 49.7 Å². The molecule has 0 unspecified atom stereocenters. The smallest absolute Gasteiger partial charge is 0.340 e. The summed E-state index contributed by atoms with van der Waals surface area (Å²) < 4.78 is 11.5. The lowest BCUT2D eigenvalue weighted by Gasteiger charge is -2.57. The highest BCUT2D eigenvalue weighted by Gasteiger charge is 2.52. The number of carbonyl (C=O) groups is 1. The Morgan fingerprint density at radius 3 is 2.22 bits per heavy atom. The van der Waals surface area contributed by atoms with Gasteiger partial charge in [-0.25, -0.2) is 4.79 Å². The summed E-state index contributed by atoms with van der Waals surface area (Å²) in [5.41, 5.74) is 5.22. The molecule has 0 heterocycles. The highest BCUT2D eigenvalue weighted by atomic mass is 16.5. The molecule has 1 N–H and O–H groups in total. The molecule has 3 aromatic carbocycles. The van der Waals surface area contributed by atoms with Gasteiger partial charge in [0.2, 0.25) is 0 Å². The molecular weight excluding hydrogens is 446 g/mol. The number of ether oxygens (including phenoxy) is 2. The Hall–Kier alpha value is -3.27. The lowest BCUT2D eigenvalue weighted by molar-refractivity contribution is -0.00618. The third-order valence-corrected chi connectivity index (χ3v) is 8.72. The SMILES string of the molecule is COc1ccc(CNc2ccccc2C(=O)OCc2ccccc2)cc1C12CC3CC(CC(C3)C1)C2. The minimum atomic E-state index is -0.314. The standard InChI is InChI=1S/C32H35NO3/c1-35-30-12-11-23(16-28(30)32-17-24-13-25(18-32)15-26(14-24)19-32)20-33-29-10-6-5-9-27(29)31(34)36-21-22-7-3-2-4-8-22/h2-12,16,24-26,33H,13-15,17-21H2,1H3. The normalized spacial score (nSPS) is 26.0. The first-order chi connectivity index (χ1) is 17.6.